The Bertz CT molecular complexity index is 774. The van der Waals surface area contributed by atoms with E-state index in [0.29, 0.717) is 19.6 Å². The van der Waals surface area contributed by atoms with Crippen molar-refractivity contribution in [1.29, 1.82) is 0 Å². The molecule has 1 unspecified atom stereocenters. The summed E-state index contributed by atoms with van der Waals surface area (Å²) >= 11 is -1.43. The number of carbonyl (C=O) groups is 1. The zero-order valence-corrected chi connectivity index (χ0v) is 16.3. The third-order valence-corrected chi connectivity index (χ3v) is 5.84. The summed E-state index contributed by atoms with van der Waals surface area (Å²) in [6, 6.07) is 18.0. The summed E-state index contributed by atoms with van der Waals surface area (Å²) < 4.78 is 13.1. The van der Waals surface area contributed by atoms with Crippen molar-refractivity contribution >= 4 is 22.9 Å². The number of benzene rings is 2. The van der Waals surface area contributed by atoms with Gasteiger partial charge >= 0.3 is 6.03 Å². The predicted molar refractivity (Wildman–Crippen MR) is 110 cm³/mol. The van der Waals surface area contributed by atoms with E-state index in [1.54, 1.807) is 4.31 Å². The van der Waals surface area contributed by atoms with Crippen molar-refractivity contribution in [3.05, 3.63) is 54.6 Å². The number of nitrogens with one attached hydrogen (secondary N) is 1. The van der Waals surface area contributed by atoms with Crippen molar-refractivity contribution in [2.24, 2.45) is 5.14 Å². The largest absolute Gasteiger partial charge is 0.322 e. The average Bonchev–Trinajstić information content (AvgIpc) is 2.70. The molecule has 0 radical (unpaired) electrons. The van der Waals surface area contributed by atoms with E-state index in [0.717, 1.165) is 29.7 Å². The van der Waals surface area contributed by atoms with E-state index in [1.807, 2.05) is 54.3 Å². The fraction of sp³-hybridized carbons (Fsp3) is 0.350. The van der Waals surface area contributed by atoms with E-state index < -0.39 is 11.2 Å². The van der Waals surface area contributed by atoms with Crippen LogP contribution in [0.15, 0.2) is 54.6 Å². The summed E-state index contributed by atoms with van der Waals surface area (Å²) in [4.78, 5) is 14.6. The molecule has 27 heavy (non-hydrogen) atoms. The third-order valence-electron chi connectivity index (χ3n) is 4.96. The minimum absolute atomic E-state index is 0.0997. The van der Waals surface area contributed by atoms with Gasteiger partial charge in [-0.05, 0) is 43.0 Å². The van der Waals surface area contributed by atoms with Crippen LogP contribution in [0.2, 0.25) is 0 Å². The maximum atomic E-state index is 12.7. The molecule has 2 aromatic carbocycles. The van der Waals surface area contributed by atoms with Crippen LogP contribution in [0.25, 0.3) is 11.1 Å². The maximum Gasteiger partial charge on any atom is 0.322 e. The molecule has 1 atom stereocenters. The molecule has 7 heteroatoms. The molecule has 2 amide bonds. The minimum atomic E-state index is -1.43. The smallest absolute Gasteiger partial charge is 0.322 e. The number of nitrogens with two attached hydrogens (primary N) is 1. The Morgan fingerprint density at radius 3 is 2.26 bits per heavy atom. The first-order chi connectivity index (χ1) is 13.1. The van der Waals surface area contributed by atoms with Gasteiger partial charge in [0.2, 0.25) is 0 Å². The highest BCUT2D eigenvalue weighted by atomic mass is 32.2. The summed E-state index contributed by atoms with van der Waals surface area (Å²) in [5.74, 6) is 0. The fourth-order valence-corrected chi connectivity index (χ4v) is 4.04. The van der Waals surface area contributed by atoms with Crippen molar-refractivity contribution in [1.82, 2.24) is 9.21 Å². The molecular weight excluding hydrogens is 360 g/mol. The molecular formula is C20H26N4O2S. The van der Waals surface area contributed by atoms with Crippen molar-refractivity contribution in [3.63, 3.8) is 0 Å². The summed E-state index contributed by atoms with van der Waals surface area (Å²) in [6.07, 6.45) is 1.55. The number of hydrogen-bond acceptors (Lipinski definition) is 2. The first kappa shape index (κ1) is 19.5. The second-order valence-electron chi connectivity index (χ2n) is 6.60. The first-order valence-electron chi connectivity index (χ1n) is 9.23. The highest BCUT2D eigenvalue weighted by Gasteiger charge is 2.28. The molecule has 3 rings (SSSR count). The second kappa shape index (κ2) is 9.12. The van der Waals surface area contributed by atoms with Gasteiger partial charge < -0.3 is 10.2 Å². The Balaban J connectivity index is 1.61. The van der Waals surface area contributed by atoms with E-state index in [4.69, 9.17) is 5.14 Å². The van der Waals surface area contributed by atoms with Crippen LogP contribution in [0.5, 0.6) is 0 Å². The number of nitrogens with zero attached hydrogens (tertiary/aromatic N) is 2. The fourth-order valence-electron chi connectivity index (χ4n) is 3.47. The number of piperidine rings is 1. The number of anilines is 1. The molecule has 3 N–H and O–H groups in total. The molecule has 1 saturated heterocycles. The number of amides is 2. The zero-order chi connectivity index (χ0) is 19.2. The van der Waals surface area contributed by atoms with Gasteiger partial charge in [-0.1, -0.05) is 42.5 Å². The van der Waals surface area contributed by atoms with Crippen LogP contribution in [0.1, 0.15) is 19.8 Å². The Kier molecular flexibility index (Phi) is 6.60. The molecule has 0 aromatic heterocycles. The van der Waals surface area contributed by atoms with Crippen molar-refractivity contribution in [2.75, 3.05) is 25.0 Å². The molecule has 1 heterocycles. The van der Waals surface area contributed by atoms with E-state index in [9.17, 15) is 9.00 Å². The Morgan fingerprint density at radius 2 is 1.70 bits per heavy atom. The summed E-state index contributed by atoms with van der Waals surface area (Å²) in [5.41, 5.74) is 3.04. The van der Waals surface area contributed by atoms with Gasteiger partial charge in [0.25, 0.3) is 0 Å². The number of urea groups is 1. The molecule has 0 spiro atoms. The summed E-state index contributed by atoms with van der Waals surface area (Å²) in [5, 5.41) is 8.43. The van der Waals surface area contributed by atoms with Gasteiger partial charge in [0, 0.05) is 31.4 Å². The molecule has 1 aliphatic heterocycles. The van der Waals surface area contributed by atoms with Gasteiger partial charge in [-0.2, -0.15) is 0 Å². The van der Waals surface area contributed by atoms with Gasteiger partial charge in [0.1, 0.15) is 0 Å². The molecule has 1 aliphatic rings. The standard InChI is InChI=1S/C20H26N4O2S/c1-2-24(19-12-14-23(15-13-19)27(21)26)20(25)22-18-10-8-17(9-11-18)16-6-4-3-5-7-16/h3-11,19H,2,12-15,21H2,1H3,(H,22,25). The van der Waals surface area contributed by atoms with Crippen molar-refractivity contribution in [2.45, 2.75) is 25.8 Å². The number of hydrogen-bond donors (Lipinski definition) is 2. The van der Waals surface area contributed by atoms with Gasteiger partial charge in [-0.25, -0.2) is 18.4 Å². The van der Waals surface area contributed by atoms with Crippen LogP contribution in [-0.4, -0.2) is 45.1 Å². The van der Waals surface area contributed by atoms with Crippen LogP contribution in [0.4, 0.5) is 10.5 Å². The topological polar surface area (TPSA) is 78.7 Å². The lowest BCUT2D eigenvalue weighted by Gasteiger charge is -2.36. The van der Waals surface area contributed by atoms with E-state index in [-0.39, 0.29) is 12.1 Å². The molecule has 0 aliphatic carbocycles. The lowest BCUT2D eigenvalue weighted by atomic mass is 10.0. The minimum Gasteiger partial charge on any atom is -0.322 e. The number of rotatable bonds is 5. The highest BCUT2D eigenvalue weighted by Crippen LogP contribution is 2.22. The third kappa shape index (κ3) is 4.94. The van der Waals surface area contributed by atoms with Gasteiger partial charge in [0.05, 0.1) is 0 Å². The van der Waals surface area contributed by atoms with E-state index in [2.05, 4.69) is 17.4 Å². The second-order valence-corrected chi connectivity index (χ2v) is 7.66. The Morgan fingerprint density at radius 1 is 1.11 bits per heavy atom. The molecule has 2 aromatic rings. The van der Waals surface area contributed by atoms with Crippen molar-refractivity contribution < 1.29 is 9.00 Å². The number of carbonyl (C=O) groups excluding carboxylic acids is 1. The maximum absolute atomic E-state index is 12.7. The van der Waals surface area contributed by atoms with Gasteiger partial charge in [-0.15, -0.1) is 0 Å². The van der Waals surface area contributed by atoms with Crippen LogP contribution in [-0.2, 0) is 11.2 Å². The molecule has 1 fully saturated rings. The van der Waals surface area contributed by atoms with Crippen LogP contribution in [0.3, 0.4) is 0 Å². The van der Waals surface area contributed by atoms with E-state index >= 15 is 0 Å². The Hall–Kier alpha value is -2.22. The van der Waals surface area contributed by atoms with Crippen LogP contribution in [0, 0.1) is 0 Å². The molecule has 6 nitrogen and oxygen atoms in total. The summed E-state index contributed by atoms with van der Waals surface area (Å²) in [6.45, 7) is 3.89. The van der Waals surface area contributed by atoms with Crippen molar-refractivity contribution in [3.8, 4) is 11.1 Å². The normalized spacial score (nSPS) is 16.7. The molecule has 144 valence electrons. The average molecular weight is 387 g/mol. The monoisotopic (exact) mass is 386 g/mol. The summed E-state index contributed by atoms with van der Waals surface area (Å²) in [7, 11) is 0. The lowest BCUT2D eigenvalue weighted by Crippen LogP contribution is -2.49. The predicted octanol–water partition coefficient (Wildman–Crippen LogP) is 3.21. The highest BCUT2D eigenvalue weighted by molar-refractivity contribution is 7.80. The Labute approximate surface area is 163 Å². The van der Waals surface area contributed by atoms with Crippen LogP contribution < -0.4 is 10.5 Å². The zero-order valence-electron chi connectivity index (χ0n) is 15.5. The lowest BCUT2D eigenvalue weighted by molar-refractivity contribution is 0.161. The SMILES string of the molecule is CCN(C(=O)Nc1ccc(-c2ccccc2)cc1)C1CCN(S(N)=O)CC1. The quantitative estimate of drug-likeness (QED) is 0.828. The van der Waals surface area contributed by atoms with E-state index in [1.165, 1.54) is 0 Å². The molecule has 0 bridgehead atoms. The van der Waals surface area contributed by atoms with Crippen LogP contribution >= 0.6 is 0 Å². The molecule has 0 saturated carbocycles. The first-order valence-corrected chi connectivity index (χ1v) is 10.4. The van der Waals surface area contributed by atoms with Gasteiger partial charge in [-0.3, -0.25) is 0 Å². The van der Waals surface area contributed by atoms with Gasteiger partial charge in [0.15, 0.2) is 11.2 Å².